The second-order valence-corrected chi connectivity index (χ2v) is 7.63. The molecule has 2 N–H and O–H groups in total. The number of H-pyrrole nitrogens is 1. The fourth-order valence-electron chi connectivity index (χ4n) is 3.53. The van der Waals surface area contributed by atoms with Crippen molar-refractivity contribution in [3.05, 3.63) is 84.8 Å². The number of rotatable bonds is 7. The van der Waals surface area contributed by atoms with E-state index in [2.05, 4.69) is 30.5 Å². The molecule has 0 amide bonds. The van der Waals surface area contributed by atoms with Gasteiger partial charge in [-0.05, 0) is 55.8 Å². The SMILES string of the molecule is CCOc1cccc(-c2n[nH]c(-c3ccc(C)c(Nc4nccc(-c5cccnc5)n4)c3)n2)c1. The van der Waals surface area contributed by atoms with Crippen molar-refractivity contribution < 1.29 is 4.74 Å². The van der Waals surface area contributed by atoms with Crippen molar-refractivity contribution in [2.75, 3.05) is 11.9 Å². The van der Waals surface area contributed by atoms with E-state index in [-0.39, 0.29) is 0 Å². The molecule has 0 bridgehead atoms. The van der Waals surface area contributed by atoms with E-state index >= 15 is 0 Å². The highest BCUT2D eigenvalue weighted by molar-refractivity contribution is 5.70. The van der Waals surface area contributed by atoms with Crippen LogP contribution in [0.1, 0.15) is 12.5 Å². The van der Waals surface area contributed by atoms with E-state index in [4.69, 9.17) is 9.72 Å². The fourth-order valence-corrected chi connectivity index (χ4v) is 3.53. The first-order valence-corrected chi connectivity index (χ1v) is 11.0. The maximum absolute atomic E-state index is 5.59. The number of benzene rings is 2. The lowest BCUT2D eigenvalue weighted by Crippen LogP contribution is -2.00. The quantitative estimate of drug-likeness (QED) is 0.341. The summed E-state index contributed by atoms with van der Waals surface area (Å²) in [7, 11) is 0. The van der Waals surface area contributed by atoms with E-state index in [0.717, 1.165) is 39.4 Å². The zero-order valence-corrected chi connectivity index (χ0v) is 18.9. The first-order valence-electron chi connectivity index (χ1n) is 11.0. The molecule has 8 nitrogen and oxygen atoms in total. The van der Waals surface area contributed by atoms with Crippen molar-refractivity contribution in [2.45, 2.75) is 13.8 Å². The van der Waals surface area contributed by atoms with Gasteiger partial charge in [0.1, 0.15) is 5.75 Å². The number of aromatic amines is 1. The highest BCUT2D eigenvalue weighted by atomic mass is 16.5. The molecule has 0 saturated carbocycles. The van der Waals surface area contributed by atoms with Crippen LogP contribution in [0.5, 0.6) is 5.75 Å². The summed E-state index contributed by atoms with van der Waals surface area (Å²) < 4.78 is 5.59. The Kier molecular flexibility index (Phi) is 5.94. The van der Waals surface area contributed by atoms with Crippen molar-refractivity contribution in [3.8, 4) is 39.8 Å². The summed E-state index contributed by atoms with van der Waals surface area (Å²) in [5.74, 6) is 2.58. The highest BCUT2D eigenvalue weighted by Gasteiger charge is 2.11. The lowest BCUT2D eigenvalue weighted by molar-refractivity contribution is 0.340. The number of nitrogens with one attached hydrogen (secondary N) is 2. The predicted molar refractivity (Wildman–Crippen MR) is 132 cm³/mol. The monoisotopic (exact) mass is 449 g/mol. The van der Waals surface area contributed by atoms with Crippen LogP contribution in [-0.4, -0.2) is 36.7 Å². The van der Waals surface area contributed by atoms with Crippen LogP contribution in [0.4, 0.5) is 11.6 Å². The molecule has 5 rings (SSSR count). The summed E-state index contributed by atoms with van der Waals surface area (Å²) >= 11 is 0. The van der Waals surface area contributed by atoms with Crippen LogP contribution in [0, 0.1) is 6.92 Å². The van der Waals surface area contributed by atoms with Crippen LogP contribution in [-0.2, 0) is 0 Å². The normalized spacial score (nSPS) is 10.8. The van der Waals surface area contributed by atoms with E-state index in [9.17, 15) is 0 Å². The summed E-state index contributed by atoms with van der Waals surface area (Å²) in [5, 5.41) is 10.8. The molecule has 0 atom stereocenters. The molecule has 5 aromatic rings. The standard InChI is InChI=1S/C26H23N7O/c1-3-34-21-8-4-6-18(14-21)24-31-25(33-32-24)19-10-9-17(2)23(15-19)30-26-28-13-11-22(29-26)20-7-5-12-27-16-20/h4-16H,3H2,1-2H3,(H,28,29,30)(H,31,32,33). The van der Waals surface area contributed by atoms with Crippen molar-refractivity contribution in [3.63, 3.8) is 0 Å². The van der Waals surface area contributed by atoms with Crippen LogP contribution < -0.4 is 10.1 Å². The first kappa shape index (κ1) is 21.3. The summed E-state index contributed by atoms with van der Waals surface area (Å²) in [5.41, 5.74) is 5.46. The Morgan fingerprint density at radius 1 is 0.912 bits per heavy atom. The van der Waals surface area contributed by atoms with Crippen molar-refractivity contribution in [2.24, 2.45) is 0 Å². The average molecular weight is 450 g/mol. The molecule has 3 heterocycles. The van der Waals surface area contributed by atoms with E-state index in [1.54, 1.807) is 18.6 Å². The molecule has 8 heteroatoms. The molecule has 0 aliphatic carbocycles. The molecule has 0 spiro atoms. The summed E-state index contributed by atoms with van der Waals surface area (Å²) in [6.45, 7) is 4.60. The van der Waals surface area contributed by atoms with Crippen molar-refractivity contribution in [1.82, 2.24) is 30.1 Å². The highest BCUT2D eigenvalue weighted by Crippen LogP contribution is 2.28. The van der Waals surface area contributed by atoms with E-state index in [1.807, 2.05) is 74.5 Å². The van der Waals surface area contributed by atoms with Gasteiger partial charge >= 0.3 is 0 Å². The molecule has 0 aliphatic rings. The minimum Gasteiger partial charge on any atom is -0.494 e. The molecule has 168 valence electrons. The smallest absolute Gasteiger partial charge is 0.227 e. The maximum atomic E-state index is 5.59. The summed E-state index contributed by atoms with van der Waals surface area (Å²) in [6.07, 6.45) is 5.25. The topological polar surface area (TPSA) is 102 Å². The van der Waals surface area contributed by atoms with Gasteiger partial charge in [0.15, 0.2) is 11.6 Å². The largest absolute Gasteiger partial charge is 0.494 e. The summed E-state index contributed by atoms with van der Waals surface area (Å²) in [4.78, 5) is 17.9. The zero-order valence-electron chi connectivity index (χ0n) is 18.9. The third-order valence-electron chi connectivity index (χ3n) is 5.26. The maximum Gasteiger partial charge on any atom is 0.227 e. The van der Waals surface area contributed by atoms with Gasteiger partial charge in [0.25, 0.3) is 0 Å². The fraction of sp³-hybridized carbons (Fsp3) is 0.115. The zero-order chi connectivity index (χ0) is 23.3. The number of pyridine rings is 1. The Morgan fingerprint density at radius 2 is 1.82 bits per heavy atom. The lowest BCUT2D eigenvalue weighted by Gasteiger charge is -2.10. The van der Waals surface area contributed by atoms with Crippen LogP contribution in [0.3, 0.4) is 0 Å². The van der Waals surface area contributed by atoms with Gasteiger partial charge in [-0.2, -0.15) is 5.10 Å². The third kappa shape index (κ3) is 4.61. The van der Waals surface area contributed by atoms with Gasteiger partial charge in [0, 0.05) is 41.0 Å². The molecule has 0 aliphatic heterocycles. The van der Waals surface area contributed by atoms with E-state index in [1.165, 1.54) is 0 Å². The molecule has 0 fully saturated rings. The molecular weight excluding hydrogens is 426 g/mol. The van der Waals surface area contributed by atoms with Gasteiger partial charge in [0.2, 0.25) is 5.95 Å². The van der Waals surface area contributed by atoms with Gasteiger partial charge in [0.05, 0.1) is 12.3 Å². The lowest BCUT2D eigenvalue weighted by atomic mass is 10.1. The average Bonchev–Trinajstić information content (AvgIpc) is 3.37. The van der Waals surface area contributed by atoms with Crippen LogP contribution >= 0.6 is 0 Å². The second kappa shape index (κ2) is 9.50. The number of hydrogen-bond donors (Lipinski definition) is 2. The number of ether oxygens (including phenoxy) is 1. The molecule has 0 saturated heterocycles. The van der Waals surface area contributed by atoms with Crippen molar-refractivity contribution >= 4 is 11.6 Å². The van der Waals surface area contributed by atoms with Crippen LogP contribution in [0.15, 0.2) is 79.3 Å². The minimum atomic E-state index is 0.507. The van der Waals surface area contributed by atoms with E-state index < -0.39 is 0 Å². The number of nitrogens with zero attached hydrogens (tertiary/aromatic N) is 5. The van der Waals surface area contributed by atoms with Crippen LogP contribution in [0.25, 0.3) is 34.0 Å². The number of aromatic nitrogens is 6. The Labute approximate surface area is 197 Å². The Bertz CT molecular complexity index is 1420. The Hall–Kier alpha value is -4.59. The van der Waals surface area contributed by atoms with Crippen LogP contribution in [0.2, 0.25) is 0 Å². The second-order valence-electron chi connectivity index (χ2n) is 7.63. The van der Waals surface area contributed by atoms with Gasteiger partial charge in [-0.1, -0.05) is 24.3 Å². The number of aryl methyl sites for hydroxylation is 1. The molecule has 34 heavy (non-hydrogen) atoms. The molecule has 0 radical (unpaired) electrons. The van der Waals surface area contributed by atoms with Gasteiger partial charge in [-0.3, -0.25) is 10.1 Å². The summed E-state index contributed by atoms with van der Waals surface area (Å²) in [6, 6.07) is 19.5. The minimum absolute atomic E-state index is 0.507. The first-order chi connectivity index (χ1) is 16.7. The van der Waals surface area contributed by atoms with Gasteiger partial charge in [-0.25, -0.2) is 15.0 Å². The number of hydrogen-bond acceptors (Lipinski definition) is 7. The van der Waals surface area contributed by atoms with Gasteiger partial charge < -0.3 is 10.1 Å². The third-order valence-corrected chi connectivity index (χ3v) is 5.26. The molecule has 3 aromatic heterocycles. The molecule has 2 aromatic carbocycles. The van der Waals surface area contributed by atoms with E-state index in [0.29, 0.717) is 24.2 Å². The number of anilines is 2. The predicted octanol–water partition coefficient (Wildman–Crippen LogP) is 5.44. The molecular formula is C26H23N7O. The van der Waals surface area contributed by atoms with Gasteiger partial charge in [-0.15, -0.1) is 0 Å². The Morgan fingerprint density at radius 3 is 2.68 bits per heavy atom. The molecule has 0 unspecified atom stereocenters. The van der Waals surface area contributed by atoms with Crippen molar-refractivity contribution in [1.29, 1.82) is 0 Å². The Balaban J connectivity index is 1.41.